The fraction of sp³-hybridized carbons (Fsp3) is 0.429. The molecule has 1 aliphatic rings. The van der Waals surface area contributed by atoms with Crippen molar-refractivity contribution in [2.24, 2.45) is 5.73 Å². The summed E-state index contributed by atoms with van der Waals surface area (Å²) >= 11 is 0. The predicted molar refractivity (Wildman–Crippen MR) is 69.7 cm³/mol. The summed E-state index contributed by atoms with van der Waals surface area (Å²) in [6, 6.07) is 6.34. The molecule has 0 radical (unpaired) electrons. The minimum absolute atomic E-state index is 0.0220. The van der Waals surface area contributed by atoms with Gasteiger partial charge in [0, 0.05) is 19.1 Å². The smallest absolute Gasteiger partial charge is 0.233 e. The molecule has 2 unspecified atom stereocenters. The Hall–Kier alpha value is -1.79. The molecule has 2 heterocycles. The quantitative estimate of drug-likeness (QED) is 0.923. The van der Waals surface area contributed by atoms with Gasteiger partial charge in [-0.05, 0) is 24.1 Å². The van der Waals surface area contributed by atoms with Crippen LogP contribution in [0, 0.1) is 5.82 Å². The number of nitrogens with two attached hydrogens (primary N) is 1. The monoisotopic (exact) mass is 277 g/mol. The van der Waals surface area contributed by atoms with Crippen LogP contribution in [-0.2, 0) is 11.2 Å². The van der Waals surface area contributed by atoms with Crippen molar-refractivity contribution in [3.05, 3.63) is 47.4 Å². The molecule has 0 saturated carbocycles. The van der Waals surface area contributed by atoms with Crippen LogP contribution in [-0.4, -0.2) is 29.4 Å². The number of benzene rings is 1. The average molecular weight is 277 g/mol. The lowest BCUT2D eigenvalue weighted by Crippen LogP contribution is -2.37. The van der Waals surface area contributed by atoms with Crippen LogP contribution in [0.5, 0.6) is 0 Å². The minimum atomic E-state index is -0.270. The van der Waals surface area contributed by atoms with Gasteiger partial charge in [-0.15, -0.1) is 0 Å². The Morgan fingerprint density at radius 1 is 1.40 bits per heavy atom. The van der Waals surface area contributed by atoms with Crippen LogP contribution < -0.4 is 5.73 Å². The van der Waals surface area contributed by atoms with Crippen molar-refractivity contribution in [1.29, 1.82) is 0 Å². The number of hydrogen-bond donors (Lipinski definition) is 1. The number of aromatic nitrogens is 2. The fourth-order valence-electron chi connectivity index (χ4n) is 2.33. The van der Waals surface area contributed by atoms with E-state index >= 15 is 0 Å². The van der Waals surface area contributed by atoms with Crippen LogP contribution in [0.4, 0.5) is 4.39 Å². The molecule has 2 atom stereocenters. The summed E-state index contributed by atoms with van der Waals surface area (Å²) < 4.78 is 23.8. The van der Waals surface area contributed by atoms with Crippen LogP contribution in [0.3, 0.4) is 0 Å². The number of hydrogen-bond acceptors (Lipinski definition) is 5. The first-order valence-electron chi connectivity index (χ1n) is 6.62. The van der Waals surface area contributed by atoms with Gasteiger partial charge in [0.15, 0.2) is 5.82 Å². The summed E-state index contributed by atoms with van der Waals surface area (Å²) in [4.78, 5) is 4.35. The van der Waals surface area contributed by atoms with E-state index in [1.165, 1.54) is 12.1 Å². The van der Waals surface area contributed by atoms with Gasteiger partial charge in [0.2, 0.25) is 5.89 Å². The highest BCUT2D eigenvalue weighted by molar-refractivity contribution is 5.20. The number of rotatable bonds is 3. The Balaban J connectivity index is 1.73. The maximum atomic E-state index is 13.1. The summed E-state index contributed by atoms with van der Waals surface area (Å²) in [6.07, 6.45) is 1.22. The van der Waals surface area contributed by atoms with Crippen molar-refractivity contribution in [1.82, 2.24) is 10.1 Å². The molecule has 20 heavy (non-hydrogen) atoms. The second-order valence-electron chi connectivity index (χ2n) is 4.99. The van der Waals surface area contributed by atoms with E-state index in [1.54, 1.807) is 6.07 Å². The minimum Gasteiger partial charge on any atom is -0.381 e. The molecule has 106 valence electrons. The third kappa shape index (κ3) is 2.86. The highest BCUT2D eigenvalue weighted by atomic mass is 19.1. The Kier molecular flexibility index (Phi) is 3.75. The van der Waals surface area contributed by atoms with Gasteiger partial charge in [0.25, 0.3) is 0 Å². The molecule has 0 aliphatic carbocycles. The maximum absolute atomic E-state index is 13.1. The van der Waals surface area contributed by atoms with E-state index in [0.717, 1.165) is 12.0 Å². The van der Waals surface area contributed by atoms with Gasteiger partial charge in [-0.1, -0.05) is 17.3 Å². The first-order valence-corrected chi connectivity index (χ1v) is 6.62. The Morgan fingerprint density at radius 2 is 2.30 bits per heavy atom. The van der Waals surface area contributed by atoms with Gasteiger partial charge in [-0.25, -0.2) is 4.39 Å². The van der Waals surface area contributed by atoms with Crippen LogP contribution in [0.15, 0.2) is 28.8 Å². The molecular weight excluding hydrogens is 261 g/mol. The lowest BCUT2D eigenvalue weighted by molar-refractivity contribution is 0.0590. The number of nitrogens with zero attached hydrogens (tertiary/aromatic N) is 2. The second kappa shape index (κ2) is 5.68. The van der Waals surface area contributed by atoms with Crippen LogP contribution >= 0.6 is 0 Å². The van der Waals surface area contributed by atoms with Crippen molar-refractivity contribution in [3.63, 3.8) is 0 Å². The van der Waals surface area contributed by atoms with E-state index in [1.807, 2.05) is 6.07 Å². The van der Waals surface area contributed by atoms with Gasteiger partial charge in [0.05, 0.1) is 12.5 Å². The van der Waals surface area contributed by atoms with Crippen molar-refractivity contribution in [2.45, 2.75) is 24.8 Å². The Morgan fingerprint density at radius 3 is 3.10 bits per heavy atom. The van der Waals surface area contributed by atoms with Gasteiger partial charge in [-0.2, -0.15) is 4.98 Å². The van der Waals surface area contributed by atoms with Crippen LogP contribution in [0.2, 0.25) is 0 Å². The van der Waals surface area contributed by atoms with Crippen molar-refractivity contribution in [2.75, 3.05) is 13.2 Å². The zero-order chi connectivity index (χ0) is 13.9. The molecule has 0 bridgehead atoms. The summed E-state index contributed by atoms with van der Waals surface area (Å²) in [5.74, 6) is 0.707. The van der Waals surface area contributed by atoms with Crippen LogP contribution in [0.1, 0.15) is 29.6 Å². The molecule has 6 heteroatoms. The fourth-order valence-corrected chi connectivity index (χ4v) is 2.33. The number of ether oxygens (including phenoxy) is 1. The lowest BCUT2D eigenvalue weighted by Gasteiger charge is -2.25. The first-order chi connectivity index (χ1) is 9.72. The summed E-state index contributed by atoms with van der Waals surface area (Å²) in [5, 5.41) is 3.93. The highest BCUT2D eigenvalue weighted by Gasteiger charge is 2.29. The van der Waals surface area contributed by atoms with Crippen molar-refractivity contribution in [3.8, 4) is 0 Å². The average Bonchev–Trinajstić information content (AvgIpc) is 2.87. The van der Waals surface area contributed by atoms with Gasteiger partial charge < -0.3 is 15.0 Å². The molecule has 3 rings (SSSR count). The summed E-state index contributed by atoms with van der Waals surface area (Å²) in [7, 11) is 0. The van der Waals surface area contributed by atoms with Gasteiger partial charge in [-0.3, -0.25) is 0 Å². The molecule has 2 N–H and O–H groups in total. The molecule has 1 fully saturated rings. The topological polar surface area (TPSA) is 74.2 Å². The third-order valence-corrected chi connectivity index (χ3v) is 3.46. The SMILES string of the molecule is NC1CCOCC1c1nc(Cc2cccc(F)c2)no1. The first kappa shape index (κ1) is 13.2. The zero-order valence-electron chi connectivity index (χ0n) is 11.0. The van der Waals surface area contributed by atoms with Gasteiger partial charge >= 0.3 is 0 Å². The van der Waals surface area contributed by atoms with Crippen molar-refractivity contribution >= 4 is 0 Å². The molecule has 1 aromatic heterocycles. The van der Waals surface area contributed by atoms with E-state index in [0.29, 0.717) is 31.3 Å². The van der Waals surface area contributed by atoms with E-state index in [4.69, 9.17) is 15.0 Å². The van der Waals surface area contributed by atoms with Crippen LogP contribution in [0.25, 0.3) is 0 Å². The molecular formula is C14H16FN3O2. The predicted octanol–water partition coefficient (Wildman–Crippen LogP) is 1.63. The van der Waals surface area contributed by atoms with Gasteiger partial charge in [0.1, 0.15) is 5.82 Å². The third-order valence-electron chi connectivity index (χ3n) is 3.46. The molecule has 0 spiro atoms. The van der Waals surface area contributed by atoms with E-state index < -0.39 is 0 Å². The molecule has 1 saturated heterocycles. The van der Waals surface area contributed by atoms with E-state index in [9.17, 15) is 4.39 Å². The van der Waals surface area contributed by atoms with Crippen molar-refractivity contribution < 1.29 is 13.7 Å². The molecule has 1 aliphatic heterocycles. The van der Waals surface area contributed by atoms with E-state index in [2.05, 4.69) is 10.1 Å². The van der Waals surface area contributed by atoms with E-state index in [-0.39, 0.29) is 17.8 Å². The summed E-state index contributed by atoms with van der Waals surface area (Å²) in [5.41, 5.74) is 6.84. The summed E-state index contributed by atoms with van der Waals surface area (Å²) in [6.45, 7) is 1.17. The second-order valence-corrected chi connectivity index (χ2v) is 4.99. The lowest BCUT2D eigenvalue weighted by atomic mass is 9.97. The number of halogens is 1. The molecule has 1 aromatic carbocycles. The molecule has 0 amide bonds. The Labute approximate surface area is 115 Å². The zero-order valence-corrected chi connectivity index (χ0v) is 11.0. The molecule has 2 aromatic rings. The normalized spacial score (nSPS) is 22.9. The largest absolute Gasteiger partial charge is 0.381 e. The maximum Gasteiger partial charge on any atom is 0.233 e. The Bertz CT molecular complexity index is 587. The highest BCUT2D eigenvalue weighted by Crippen LogP contribution is 2.23. The molecule has 5 nitrogen and oxygen atoms in total. The standard InChI is InChI=1S/C14H16FN3O2/c15-10-3-1-2-9(6-10)7-13-17-14(20-18-13)11-8-19-5-4-12(11)16/h1-3,6,11-12H,4-5,7-8,16H2.